The number of para-hydroxylation sites is 2. The molecule has 3 rings (SSSR count). The summed E-state index contributed by atoms with van der Waals surface area (Å²) in [5.74, 6) is 0.755. The third-order valence-corrected chi connectivity index (χ3v) is 4.30. The van der Waals surface area contributed by atoms with Gasteiger partial charge in [0, 0.05) is 6.54 Å². The van der Waals surface area contributed by atoms with E-state index in [1.54, 1.807) is 0 Å². The summed E-state index contributed by atoms with van der Waals surface area (Å²) >= 11 is 0. The highest BCUT2D eigenvalue weighted by molar-refractivity contribution is 5.90. The molecule has 0 bridgehead atoms. The number of benzene rings is 1. The Hall–Kier alpha value is -2.57. The van der Waals surface area contributed by atoms with Crippen molar-refractivity contribution in [3.8, 4) is 0 Å². The van der Waals surface area contributed by atoms with Crippen molar-refractivity contribution in [1.82, 2.24) is 25.9 Å². The molecule has 0 spiro atoms. The summed E-state index contributed by atoms with van der Waals surface area (Å²) in [6.07, 6.45) is 0.900. The van der Waals surface area contributed by atoms with Gasteiger partial charge in [0.1, 0.15) is 11.9 Å². The van der Waals surface area contributed by atoms with Gasteiger partial charge in [-0.15, -0.1) is 0 Å². The van der Waals surface area contributed by atoms with Crippen LogP contribution in [-0.2, 0) is 4.79 Å². The van der Waals surface area contributed by atoms with E-state index in [4.69, 9.17) is 0 Å². The Morgan fingerprint density at radius 1 is 1.43 bits per heavy atom. The van der Waals surface area contributed by atoms with Gasteiger partial charge >= 0.3 is 6.03 Å². The molecular weight excluding hydrogens is 294 g/mol. The number of nitrogens with one attached hydrogen (secondary N) is 4. The second-order valence-corrected chi connectivity index (χ2v) is 5.92. The normalized spacial score (nSPS) is 19.9. The number of rotatable bonds is 5. The van der Waals surface area contributed by atoms with Crippen LogP contribution < -0.4 is 16.0 Å². The van der Waals surface area contributed by atoms with Crippen molar-refractivity contribution in [3.05, 3.63) is 30.1 Å². The van der Waals surface area contributed by atoms with Crippen LogP contribution in [0.15, 0.2) is 24.3 Å². The van der Waals surface area contributed by atoms with Crippen LogP contribution >= 0.6 is 0 Å². The highest BCUT2D eigenvalue weighted by Crippen LogP contribution is 2.24. The fraction of sp³-hybridized carbons (Fsp3) is 0.438. The van der Waals surface area contributed by atoms with E-state index in [1.165, 1.54) is 0 Å². The molecule has 3 amide bonds. The first-order valence-electron chi connectivity index (χ1n) is 7.88. The molecule has 0 radical (unpaired) electrons. The fourth-order valence-corrected chi connectivity index (χ4v) is 2.70. The van der Waals surface area contributed by atoms with Crippen LogP contribution in [0.1, 0.15) is 32.1 Å². The highest BCUT2D eigenvalue weighted by Gasteiger charge is 2.31. The number of hydrogen-bond donors (Lipinski definition) is 4. The number of imidazole rings is 1. The van der Waals surface area contributed by atoms with E-state index in [0.29, 0.717) is 6.54 Å². The first kappa shape index (κ1) is 15.3. The number of carbonyl (C=O) groups is 2. The minimum Gasteiger partial charge on any atom is -0.344 e. The lowest BCUT2D eigenvalue weighted by atomic mass is 9.98. The lowest BCUT2D eigenvalue weighted by Crippen LogP contribution is -2.45. The van der Waals surface area contributed by atoms with E-state index in [-0.39, 0.29) is 23.9 Å². The summed E-state index contributed by atoms with van der Waals surface area (Å²) in [5.41, 5.74) is 1.82. The number of aromatic nitrogens is 2. The van der Waals surface area contributed by atoms with Gasteiger partial charge in [0.25, 0.3) is 0 Å². The molecule has 7 heteroatoms. The SMILES string of the molecule is CC[C@H](C)[C@@H](NC(=O)[C@@H]1CNC(=O)N1)c1nc2ccccc2[nH]1. The summed E-state index contributed by atoms with van der Waals surface area (Å²) in [6, 6.07) is 6.70. The molecular formula is C16H21N5O2. The minimum absolute atomic E-state index is 0.200. The molecule has 122 valence electrons. The number of aromatic amines is 1. The molecule has 3 atom stereocenters. The minimum atomic E-state index is -0.543. The third-order valence-electron chi connectivity index (χ3n) is 4.30. The van der Waals surface area contributed by atoms with Crippen molar-refractivity contribution in [2.75, 3.05) is 6.54 Å². The molecule has 1 aliphatic heterocycles. The van der Waals surface area contributed by atoms with Crippen LogP contribution in [0, 0.1) is 5.92 Å². The van der Waals surface area contributed by atoms with Crippen LogP contribution in [-0.4, -0.2) is 34.5 Å². The molecule has 1 aromatic heterocycles. The molecule has 23 heavy (non-hydrogen) atoms. The van der Waals surface area contributed by atoms with Crippen LogP contribution in [0.4, 0.5) is 4.79 Å². The topological polar surface area (TPSA) is 98.9 Å². The second-order valence-electron chi connectivity index (χ2n) is 5.92. The zero-order valence-corrected chi connectivity index (χ0v) is 13.2. The van der Waals surface area contributed by atoms with E-state index in [1.807, 2.05) is 24.3 Å². The Morgan fingerprint density at radius 2 is 2.22 bits per heavy atom. The maximum atomic E-state index is 12.4. The number of fused-ring (bicyclic) bond motifs is 1. The fourth-order valence-electron chi connectivity index (χ4n) is 2.70. The van der Waals surface area contributed by atoms with E-state index < -0.39 is 6.04 Å². The molecule has 7 nitrogen and oxygen atoms in total. The van der Waals surface area contributed by atoms with Gasteiger partial charge in [0.2, 0.25) is 5.91 Å². The molecule has 0 saturated carbocycles. The molecule has 4 N–H and O–H groups in total. The van der Waals surface area contributed by atoms with Crippen LogP contribution in [0.2, 0.25) is 0 Å². The smallest absolute Gasteiger partial charge is 0.315 e. The Balaban J connectivity index is 1.82. The summed E-state index contributed by atoms with van der Waals surface area (Å²) < 4.78 is 0. The zero-order chi connectivity index (χ0) is 16.4. The number of H-pyrrole nitrogens is 1. The molecule has 1 aromatic carbocycles. The van der Waals surface area contributed by atoms with Crippen molar-refractivity contribution in [3.63, 3.8) is 0 Å². The van der Waals surface area contributed by atoms with Crippen LogP contribution in [0.5, 0.6) is 0 Å². The number of hydrogen-bond acceptors (Lipinski definition) is 3. The number of nitrogens with zero attached hydrogens (tertiary/aromatic N) is 1. The summed E-state index contributed by atoms with van der Waals surface area (Å²) in [4.78, 5) is 31.5. The van der Waals surface area contributed by atoms with Crippen molar-refractivity contribution in [2.24, 2.45) is 5.92 Å². The average Bonchev–Trinajstić information content (AvgIpc) is 3.17. The molecule has 0 unspecified atom stereocenters. The number of urea groups is 1. The van der Waals surface area contributed by atoms with E-state index in [9.17, 15) is 9.59 Å². The van der Waals surface area contributed by atoms with Gasteiger partial charge in [-0.1, -0.05) is 32.4 Å². The Morgan fingerprint density at radius 3 is 2.87 bits per heavy atom. The Bertz CT molecular complexity index is 693. The van der Waals surface area contributed by atoms with E-state index >= 15 is 0 Å². The van der Waals surface area contributed by atoms with Crippen molar-refractivity contribution >= 4 is 23.0 Å². The maximum Gasteiger partial charge on any atom is 0.315 e. The Kier molecular flexibility index (Phi) is 4.18. The summed E-state index contributed by atoms with van der Waals surface area (Å²) in [7, 11) is 0. The lowest BCUT2D eigenvalue weighted by Gasteiger charge is -2.23. The third kappa shape index (κ3) is 3.13. The molecule has 1 saturated heterocycles. The van der Waals surface area contributed by atoms with Crippen molar-refractivity contribution < 1.29 is 9.59 Å². The largest absolute Gasteiger partial charge is 0.344 e. The zero-order valence-electron chi connectivity index (χ0n) is 13.2. The van der Waals surface area contributed by atoms with Gasteiger partial charge in [-0.3, -0.25) is 4.79 Å². The van der Waals surface area contributed by atoms with Gasteiger partial charge in [-0.05, 0) is 18.1 Å². The number of amides is 3. The molecule has 0 aliphatic carbocycles. The van der Waals surface area contributed by atoms with E-state index in [0.717, 1.165) is 23.3 Å². The predicted molar refractivity (Wildman–Crippen MR) is 86.8 cm³/mol. The summed E-state index contributed by atoms with van der Waals surface area (Å²) in [5, 5.41) is 8.22. The first-order valence-corrected chi connectivity index (χ1v) is 7.88. The number of carbonyl (C=O) groups excluding carboxylic acids is 2. The average molecular weight is 315 g/mol. The van der Waals surface area contributed by atoms with Gasteiger partial charge in [0.15, 0.2) is 0 Å². The van der Waals surface area contributed by atoms with Gasteiger partial charge in [-0.2, -0.15) is 0 Å². The second kappa shape index (κ2) is 6.28. The molecule has 1 aliphatic rings. The molecule has 2 aromatic rings. The molecule has 1 fully saturated rings. The standard InChI is InChI=1S/C16H21N5O2/c1-3-9(2)13(21-15(22)12-8-17-16(23)20-12)14-18-10-6-4-5-7-11(10)19-14/h4-7,9,12-13H,3,8H2,1-2H3,(H,18,19)(H,21,22)(H2,17,20,23)/t9-,12-,13+/m0/s1. The maximum absolute atomic E-state index is 12.4. The molecule has 2 heterocycles. The van der Waals surface area contributed by atoms with Gasteiger partial charge in [-0.25, -0.2) is 9.78 Å². The van der Waals surface area contributed by atoms with Gasteiger partial charge < -0.3 is 20.9 Å². The monoisotopic (exact) mass is 315 g/mol. The van der Waals surface area contributed by atoms with Gasteiger partial charge in [0.05, 0.1) is 17.1 Å². The highest BCUT2D eigenvalue weighted by atomic mass is 16.2. The van der Waals surface area contributed by atoms with Crippen molar-refractivity contribution in [1.29, 1.82) is 0 Å². The van der Waals surface area contributed by atoms with Crippen molar-refractivity contribution in [2.45, 2.75) is 32.4 Å². The van der Waals surface area contributed by atoms with E-state index in [2.05, 4.69) is 39.8 Å². The van der Waals surface area contributed by atoms with Crippen LogP contribution in [0.25, 0.3) is 11.0 Å². The predicted octanol–water partition coefficient (Wildman–Crippen LogP) is 1.45. The lowest BCUT2D eigenvalue weighted by molar-refractivity contribution is -0.123. The first-order chi connectivity index (χ1) is 11.1. The van der Waals surface area contributed by atoms with Crippen LogP contribution in [0.3, 0.4) is 0 Å². The Labute approximate surface area is 134 Å². The summed E-state index contributed by atoms with van der Waals surface area (Å²) in [6.45, 7) is 4.45. The quantitative estimate of drug-likeness (QED) is 0.672.